The maximum absolute atomic E-state index is 10.7. The van der Waals surface area contributed by atoms with Crippen LogP contribution in [0.3, 0.4) is 0 Å². The van der Waals surface area contributed by atoms with Crippen molar-refractivity contribution in [2.45, 2.75) is 0 Å². The van der Waals surface area contributed by atoms with E-state index in [2.05, 4.69) is 4.98 Å². The lowest BCUT2D eigenvalue weighted by molar-refractivity contribution is -0.885. The predicted octanol–water partition coefficient (Wildman–Crippen LogP) is 0.391. The SMILES string of the molecule is O=C(O)c1c[nH]c2c1ccc[n+]2O. The lowest BCUT2D eigenvalue weighted by atomic mass is 10.2. The molecule has 0 aliphatic heterocycles. The molecule has 0 saturated heterocycles. The number of pyridine rings is 1. The van der Waals surface area contributed by atoms with Gasteiger partial charge in [-0.2, -0.15) is 0 Å². The molecule has 66 valence electrons. The number of fused-ring (bicyclic) bond motifs is 1. The number of carboxylic acids is 1. The van der Waals surface area contributed by atoms with Gasteiger partial charge in [0, 0.05) is 0 Å². The molecule has 0 atom stereocenters. The lowest BCUT2D eigenvalue weighted by Crippen LogP contribution is -2.30. The number of aromatic amines is 1. The number of H-pyrrole nitrogens is 1. The Balaban J connectivity index is 2.83. The average Bonchev–Trinajstić information content (AvgIpc) is 2.48. The van der Waals surface area contributed by atoms with Crippen molar-refractivity contribution in [3.63, 3.8) is 0 Å². The van der Waals surface area contributed by atoms with Gasteiger partial charge in [0.05, 0.1) is 5.39 Å². The van der Waals surface area contributed by atoms with Gasteiger partial charge in [0.15, 0.2) is 0 Å². The van der Waals surface area contributed by atoms with Crippen LogP contribution in [0.5, 0.6) is 0 Å². The molecule has 0 saturated carbocycles. The van der Waals surface area contributed by atoms with Crippen molar-refractivity contribution < 1.29 is 19.8 Å². The van der Waals surface area contributed by atoms with E-state index in [1.54, 1.807) is 12.1 Å². The quantitative estimate of drug-likeness (QED) is 0.437. The Labute approximate surface area is 72.8 Å². The average molecular weight is 179 g/mol. The molecular weight excluding hydrogens is 172 g/mol. The van der Waals surface area contributed by atoms with Crippen molar-refractivity contribution >= 4 is 17.0 Å². The van der Waals surface area contributed by atoms with Crippen LogP contribution in [0.1, 0.15) is 10.4 Å². The second kappa shape index (κ2) is 2.48. The number of hydrogen-bond donors (Lipinski definition) is 3. The van der Waals surface area contributed by atoms with Crippen LogP contribution in [0.15, 0.2) is 24.5 Å². The molecule has 5 heteroatoms. The molecule has 0 aliphatic rings. The van der Waals surface area contributed by atoms with Crippen molar-refractivity contribution in [2.24, 2.45) is 0 Å². The summed E-state index contributed by atoms with van der Waals surface area (Å²) in [5.74, 6) is -1.02. The zero-order valence-electron chi connectivity index (χ0n) is 6.56. The summed E-state index contributed by atoms with van der Waals surface area (Å²) >= 11 is 0. The highest BCUT2D eigenvalue weighted by Gasteiger charge is 2.17. The van der Waals surface area contributed by atoms with E-state index in [0.717, 1.165) is 4.73 Å². The van der Waals surface area contributed by atoms with Crippen LogP contribution >= 0.6 is 0 Å². The van der Waals surface area contributed by atoms with Gasteiger partial charge in [-0.1, -0.05) is 4.73 Å². The number of aromatic carboxylic acids is 1. The molecule has 0 radical (unpaired) electrons. The molecule has 3 N–H and O–H groups in total. The molecule has 2 heterocycles. The minimum Gasteiger partial charge on any atom is -0.478 e. The van der Waals surface area contributed by atoms with Crippen LogP contribution in [0.4, 0.5) is 0 Å². The minimum atomic E-state index is -1.02. The van der Waals surface area contributed by atoms with Gasteiger partial charge in [-0.15, -0.1) is 0 Å². The van der Waals surface area contributed by atoms with Gasteiger partial charge in [-0.3, -0.25) is 0 Å². The number of rotatable bonds is 1. The van der Waals surface area contributed by atoms with Gasteiger partial charge in [0.2, 0.25) is 0 Å². The Morgan fingerprint density at radius 2 is 2.31 bits per heavy atom. The highest BCUT2D eigenvalue weighted by Crippen LogP contribution is 2.13. The van der Waals surface area contributed by atoms with E-state index in [-0.39, 0.29) is 5.56 Å². The van der Waals surface area contributed by atoms with Gasteiger partial charge in [-0.25, -0.2) is 9.78 Å². The van der Waals surface area contributed by atoms with Gasteiger partial charge in [0.25, 0.3) is 0 Å². The normalized spacial score (nSPS) is 10.5. The minimum absolute atomic E-state index is 0.151. The number of carboxylic acid groups (broad SMARTS) is 1. The molecular formula is C8H7N2O3+. The maximum atomic E-state index is 10.7. The highest BCUT2D eigenvalue weighted by atomic mass is 16.5. The molecule has 5 nitrogen and oxygen atoms in total. The van der Waals surface area contributed by atoms with Crippen LogP contribution in [0, 0.1) is 0 Å². The predicted molar refractivity (Wildman–Crippen MR) is 42.6 cm³/mol. The summed E-state index contributed by atoms with van der Waals surface area (Å²) in [6.45, 7) is 0. The van der Waals surface area contributed by atoms with Crippen LogP contribution in [-0.4, -0.2) is 21.3 Å². The van der Waals surface area contributed by atoms with Crippen molar-refractivity contribution in [1.29, 1.82) is 0 Å². The van der Waals surface area contributed by atoms with Crippen LogP contribution < -0.4 is 4.73 Å². The topological polar surface area (TPSA) is 77.2 Å². The highest BCUT2D eigenvalue weighted by molar-refractivity contribution is 6.01. The second-order valence-corrected chi connectivity index (χ2v) is 2.62. The fraction of sp³-hybridized carbons (Fsp3) is 0. The number of carbonyl (C=O) groups is 1. The van der Waals surface area contributed by atoms with E-state index < -0.39 is 5.97 Å². The van der Waals surface area contributed by atoms with E-state index >= 15 is 0 Å². The van der Waals surface area contributed by atoms with E-state index in [1.807, 2.05) is 0 Å². The van der Waals surface area contributed by atoms with Crippen LogP contribution in [-0.2, 0) is 0 Å². The summed E-state index contributed by atoms with van der Waals surface area (Å²) in [7, 11) is 0. The maximum Gasteiger partial charge on any atom is 0.340 e. The molecule has 0 spiro atoms. The standard InChI is InChI=1S/C8H6N2O3/c11-8(12)6-4-9-7-5(6)2-1-3-10(7)13/h1-4,13H,(H,11,12)/p+1. The molecule has 0 aliphatic carbocycles. The smallest absolute Gasteiger partial charge is 0.340 e. The van der Waals surface area contributed by atoms with Crippen molar-refractivity contribution in [2.75, 3.05) is 0 Å². The third-order valence-electron chi connectivity index (χ3n) is 1.85. The first-order valence-electron chi connectivity index (χ1n) is 3.64. The van der Waals surface area contributed by atoms with E-state index in [9.17, 15) is 10.0 Å². The number of nitrogens with one attached hydrogen (secondary N) is 1. The summed E-state index contributed by atoms with van der Waals surface area (Å²) < 4.78 is 0.849. The summed E-state index contributed by atoms with van der Waals surface area (Å²) in [5, 5.41) is 18.5. The Kier molecular flexibility index (Phi) is 1.45. The molecule has 0 fully saturated rings. The fourth-order valence-electron chi connectivity index (χ4n) is 1.25. The van der Waals surface area contributed by atoms with Crippen molar-refractivity contribution in [3.05, 3.63) is 30.1 Å². The molecule has 0 unspecified atom stereocenters. The molecule has 13 heavy (non-hydrogen) atoms. The molecule has 2 aromatic rings. The van der Waals surface area contributed by atoms with Gasteiger partial charge < -0.3 is 10.3 Å². The van der Waals surface area contributed by atoms with Gasteiger partial charge in [-0.05, 0) is 12.1 Å². The summed E-state index contributed by atoms with van der Waals surface area (Å²) in [4.78, 5) is 13.3. The first kappa shape index (κ1) is 7.60. The number of nitrogens with zero attached hydrogens (tertiary/aromatic N) is 1. The second-order valence-electron chi connectivity index (χ2n) is 2.62. The van der Waals surface area contributed by atoms with Gasteiger partial charge >= 0.3 is 11.6 Å². The van der Waals surface area contributed by atoms with Crippen molar-refractivity contribution in [3.8, 4) is 0 Å². The van der Waals surface area contributed by atoms with Crippen LogP contribution in [0.25, 0.3) is 11.0 Å². The summed E-state index contributed by atoms with van der Waals surface area (Å²) in [6, 6.07) is 3.20. The molecule has 0 amide bonds. The first-order chi connectivity index (χ1) is 6.20. The number of aromatic nitrogens is 2. The van der Waals surface area contributed by atoms with E-state index in [1.165, 1.54) is 12.4 Å². The third kappa shape index (κ3) is 1.01. The lowest BCUT2D eigenvalue weighted by Gasteiger charge is -1.89. The van der Waals surface area contributed by atoms with E-state index in [4.69, 9.17) is 5.11 Å². The largest absolute Gasteiger partial charge is 0.478 e. The molecule has 0 aromatic carbocycles. The Hall–Kier alpha value is -2.04. The van der Waals surface area contributed by atoms with Crippen LogP contribution in [0.2, 0.25) is 0 Å². The third-order valence-corrected chi connectivity index (χ3v) is 1.85. The molecule has 2 rings (SSSR count). The first-order valence-corrected chi connectivity index (χ1v) is 3.64. The zero-order valence-corrected chi connectivity index (χ0v) is 6.56. The Bertz CT molecular complexity index is 475. The molecule has 2 aromatic heterocycles. The summed E-state index contributed by atoms with van der Waals surface area (Å²) in [6.07, 6.45) is 2.77. The Morgan fingerprint density at radius 3 is 3.00 bits per heavy atom. The van der Waals surface area contributed by atoms with Gasteiger partial charge in [0.1, 0.15) is 18.0 Å². The molecule has 0 bridgehead atoms. The van der Waals surface area contributed by atoms with Crippen molar-refractivity contribution in [1.82, 2.24) is 4.98 Å². The zero-order chi connectivity index (χ0) is 9.42. The summed E-state index contributed by atoms with van der Waals surface area (Å²) in [5.41, 5.74) is 0.526. The number of hydrogen-bond acceptors (Lipinski definition) is 2. The monoisotopic (exact) mass is 179 g/mol. The Morgan fingerprint density at radius 1 is 1.54 bits per heavy atom. The fourth-order valence-corrected chi connectivity index (χ4v) is 1.25. The van der Waals surface area contributed by atoms with E-state index in [0.29, 0.717) is 11.0 Å².